The largest absolute Gasteiger partial charge is 0.235 e. The van der Waals surface area contributed by atoms with Crippen molar-refractivity contribution in [2.45, 2.75) is 4.21 Å². The Kier molecular flexibility index (Phi) is 2.15. The van der Waals surface area contributed by atoms with E-state index >= 15 is 0 Å². The Bertz CT molecular complexity index is 233. The molecule has 0 radical (unpaired) electrons. The van der Waals surface area contributed by atoms with Crippen LogP contribution in [0.4, 0.5) is 0 Å². The molecule has 1 rings (SSSR count). The molecule has 3 heteroatoms. The van der Waals surface area contributed by atoms with Gasteiger partial charge in [0.2, 0.25) is 0 Å². The van der Waals surface area contributed by atoms with Gasteiger partial charge in [-0.05, 0) is 12.2 Å². The van der Waals surface area contributed by atoms with E-state index in [2.05, 4.69) is 10.9 Å². The first kappa shape index (κ1) is 6.66. The molecule has 0 N–H and O–H groups in total. The van der Waals surface area contributed by atoms with Gasteiger partial charge in [0.1, 0.15) is 0 Å². The van der Waals surface area contributed by atoms with Crippen molar-refractivity contribution in [2.75, 3.05) is 6.26 Å². The summed E-state index contributed by atoms with van der Waals surface area (Å²) in [5.41, 5.74) is 0. The van der Waals surface area contributed by atoms with Gasteiger partial charge in [-0.2, -0.15) is 0 Å². The summed E-state index contributed by atoms with van der Waals surface area (Å²) < 4.78 is 1.17. The Morgan fingerprint density at radius 2 is 2.67 bits per heavy atom. The van der Waals surface area contributed by atoms with Crippen LogP contribution >= 0.6 is 23.1 Å². The summed E-state index contributed by atoms with van der Waals surface area (Å²) in [7, 11) is 0. The standard InChI is InChI=1S/C6H5NS2/c1-3-5-7-4-6(8-2)9-5/h1,4H,2H3. The van der Waals surface area contributed by atoms with Crippen molar-refractivity contribution >= 4 is 23.1 Å². The van der Waals surface area contributed by atoms with Crippen LogP contribution in [0.5, 0.6) is 0 Å². The minimum atomic E-state index is 0.763. The van der Waals surface area contributed by atoms with Crippen molar-refractivity contribution in [3.63, 3.8) is 0 Å². The van der Waals surface area contributed by atoms with Crippen molar-refractivity contribution < 1.29 is 0 Å². The second-order valence-electron chi connectivity index (χ2n) is 1.33. The molecule has 1 heterocycles. The van der Waals surface area contributed by atoms with Crippen LogP contribution < -0.4 is 0 Å². The van der Waals surface area contributed by atoms with E-state index in [-0.39, 0.29) is 0 Å². The molecule has 0 aliphatic heterocycles. The van der Waals surface area contributed by atoms with Crippen molar-refractivity contribution in [3.8, 4) is 12.3 Å². The normalized spacial score (nSPS) is 8.89. The van der Waals surface area contributed by atoms with Gasteiger partial charge in [-0.1, -0.05) is 11.3 Å². The minimum absolute atomic E-state index is 0.763. The molecule has 0 spiro atoms. The maximum Gasteiger partial charge on any atom is 0.167 e. The third kappa shape index (κ3) is 1.47. The van der Waals surface area contributed by atoms with Crippen molar-refractivity contribution in [3.05, 3.63) is 11.2 Å². The zero-order valence-corrected chi connectivity index (χ0v) is 6.55. The molecule has 1 nitrogen and oxygen atoms in total. The zero-order chi connectivity index (χ0) is 6.69. The SMILES string of the molecule is C#Cc1ncc(SC)s1. The molecular weight excluding hydrogens is 150 g/mol. The smallest absolute Gasteiger partial charge is 0.167 e. The minimum Gasteiger partial charge on any atom is -0.235 e. The molecule has 0 fully saturated rings. The maximum atomic E-state index is 5.11. The molecule has 0 amide bonds. The summed E-state index contributed by atoms with van der Waals surface area (Å²) in [5, 5.41) is 0.763. The second-order valence-corrected chi connectivity index (χ2v) is 3.47. The van der Waals surface area contributed by atoms with E-state index < -0.39 is 0 Å². The highest BCUT2D eigenvalue weighted by atomic mass is 32.2. The number of thioether (sulfide) groups is 1. The molecule has 46 valence electrons. The molecular formula is C6H5NS2. The Labute approximate surface area is 62.5 Å². The molecule has 1 aromatic heterocycles. The monoisotopic (exact) mass is 155 g/mol. The lowest BCUT2D eigenvalue weighted by Crippen LogP contribution is -1.61. The van der Waals surface area contributed by atoms with Crippen LogP contribution in [0.2, 0.25) is 0 Å². The molecule has 1 aromatic rings. The first-order chi connectivity index (χ1) is 4.36. The Balaban J connectivity index is 2.90. The number of nitrogens with zero attached hydrogens (tertiary/aromatic N) is 1. The van der Waals surface area contributed by atoms with Gasteiger partial charge in [-0.3, -0.25) is 0 Å². The van der Waals surface area contributed by atoms with E-state index in [4.69, 9.17) is 6.42 Å². The fourth-order valence-corrected chi connectivity index (χ4v) is 1.61. The molecule has 0 saturated carbocycles. The molecule has 0 unspecified atom stereocenters. The Morgan fingerprint density at radius 1 is 1.89 bits per heavy atom. The van der Waals surface area contributed by atoms with E-state index in [1.54, 1.807) is 29.3 Å². The summed E-state index contributed by atoms with van der Waals surface area (Å²) >= 11 is 3.21. The van der Waals surface area contributed by atoms with Crippen LogP contribution in [-0.2, 0) is 0 Å². The molecule has 0 bridgehead atoms. The summed E-state index contributed by atoms with van der Waals surface area (Å²) in [6, 6.07) is 0. The summed E-state index contributed by atoms with van der Waals surface area (Å²) in [4.78, 5) is 3.97. The van der Waals surface area contributed by atoms with Crippen LogP contribution in [0.25, 0.3) is 0 Å². The molecule has 0 aromatic carbocycles. The lowest BCUT2D eigenvalue weighted by molar-refractivity contribution is 1.35. The summed E-state index contributed by atoms with van der Waals surface area (Å²) in [6.07, 6.45) is 8.91. The van der Waals surface area contributed by atoms with Crippen LogP contribution in [-0.4, -0.2) is 11.2 Å². The van der Waals surface area contributed by atoms with Gasteiger partial charge in [-0.15, -0.1) is 18.2 Å². The van der Waals surface area contributed by atoms with Crippen LogP contribution in [0.3, 0.4) is 0 Å². The third-order valence-corrected chi connectivity index (χ3v) is 2.79. The van der Waals surface area contributed by atoms with Crippen LogP contribution in [0.15, 0.2) is 10.4 Å². The quantitative estimate of drug-likeness (QED) is 0.453. The zero-order valence-electron chi connectivity index (χ0n) is 4.92. The van der Waals surface area contributed by atoms with E-state index in [9.17, 15) is 0 Å². The second kappa shape index (κ2) is 2.90. The molecule has 0 aliphatic carbocycles. The van der Waals surface area contributed by atoms with Crippen molar-refractivity contribution in [1.29, 1.82) is 0 Å². The van der Waals surface area contributed by atoms with Crippen molar-refractivity contribution in [2.24, 2.45) is 0 Å². The third-order valence-electron chi connectivity index (χ3n) is 0.809. The number of aromatic nitrogens is 1. The highest BCUT2D eigenvalue weighted by molar-refractivity contribution is 8.00. The fourth-order valence-electron chi connectivity index (χ4n) is 0.420. The van der Waals surface area contributed by atoms with Gasteiger partial charge in [0.05, 0.1) is 10.4 Å². The lowest BCUT2D eigenvalue weighted by Gasteiger charge is -1.77. The number of thiazole rings is 1. The molecule has 9 heavy (non-hydrogen) atoms. The maximum absolute atomic E-state index is 5.11. The average Bonchev–Trinajstić information content (AvgIpc) is 2.34. The van der Waals surface area contributed by atoms with E-state index in [0.717, 1.165) is 5.01 Å². The van der Waals surface area contributed by atoms with Gasteiger partial charge in [0.15, 0.2) is 5.01 Å². The lowest BCUT2D eigenvalue weighted by atomic mass is 10.7. The number of rotatable bonds is 1. The Hall–Kier alpha value is -0.460. The predicted molar refractivity (Wildman–Crippen MR) is 41.8 cm³/mol. The van der Waals surface area contributed by atoms with E-state index in [1.165, 1.54) is 4.21 Å². The van der Waals surface area contributed by atoms with E-state index in [1.807, 2.05) is 6.26 Å². The van der Waals surface area contributed by atoms with E-state index in [0.29, 0.717) is 0 Å². The van der Waals surface area contributed by atoms with Gasteiger partial charge in [-0.25, -0.2) is 4.98 Å². The predicted octanol–water partition coefficient (Wildman–Crippen LogP) is 1.85. The molecule has 0 aliphatic rings. The van der Waals surface area contributed by atoms with Gasteiger partial charge >= 0.3 is 0 Å². The fraction of sp³-hybridized carbons (Fsp3) is 0.167. The number of hydrogen-bond acceptors (Lipinski definition) is 3. The molecule has 0 atom stereocenters. The summed E-state index contributed by atoms with van der Waals surface area (Å²) in [6.45, 7) is 0. The number of hydrogen-bond donors (Lipinski definition) is 0. The van der Waals surface area contributed by atoms with Crippen LogP contribution in [0.1, 0.15) is 5.01 Å². The van der Waals surface area contributed by atoms with Gasteiger partial charge in [0.25, 0.3) is 0 Å². The first-order valence-corrected chi connectivity index (χ1v) is 4.37. The van der Waals surface area contributed by atoms with Crippen molar-refractivity contribution in [1.82, 2.24) is 4.98 Å². The number of terminal acetylenes is 1. The average molecular weight is 155 g/mol. The topological polar surface area (TPSA) is 12.9 Å². The summed E-state index contributed by atoms with van der Waals surface area (Å²) in [5.74, 6) is 2.48. The highest BCUT2D eigenvalue weighted by Gasteiger charge is 1.94. The Morgan fingerprint density at radius 3 is 3.00 bits per heavy atom. The van der Waals surface area contributed by atoms with Gasteiger partial charge in [0, 0.05) is 0 Å². The van der Waals surface area contributed by atoms with Gasteiger partial charge < -0.3 is 0 Å². The molecule has 0 saturated heterocycles. The first-order valence-electron chi connectivity index (χ1n) is 2.33. The highest BCUT2D eigenvalue weighted by Crippen LogP contribution is 2.21. The van der Waals surface area contributed by atoms with Crippen LogP contribution in [0, 0.1) is 12.3 Å².